The Morgan fingerprint density at radius 3 is 2.03 bits per heavy atom. The fourth-order valence-electron chi connectivity index (χ4n) is 5.87. The smallest absolute Gasteiger partial charge is 0.493 e. The van der Waals surface area contributed by atoms with Crippen LogP contribution < -0.4 is 18.5 Å². The van der Waals surface area contributed by atoms with Gasteiger partial charge in [0, 0.05) is 12.4 Å². The lowest BCUT2D eigenvalue weighted by atomic mass is 9.87. The van der Waals surface area contributed by atoms with Crippen molar-refractivity contribution in [2.45, 2.75) is 57.3 Å². The molecule has 362 valence electrons. The maximum Gasteiger partial charge on any atom is 0.510 e. The van der Waals surface area contributed by atoms with Gasteiger partial charge in [-0.15, -0.1) is 20.2 Å². The Kier molecular flexibility index (Phi) is 18.0. The Bertz CT molecular complexity index is 2600. The first kappa shape index (κ1) is 51.1. The molecule has 68 heavy (non-hydrogen) atoms. The summed E-state index contributed by atoms with van der Waals surface area (Å²) in [6, 6.07) is 20.2. The van der Waals surface area contributed by atoms with E-state index in [2.05, 4.69) is 29.6 Å². The number of hydrogen-bond donors (Lipinski definition) is 0. The third-order valence-corrected chi connectivity index (χ3v) is 11.0. The largest absolute Gasteiger partial charge is 0.510 e. The molecule has 24 nitrogen and oxygen atoms in total. The first-order valence-electron chi connectivity index (χ1n) is 20.4. The van der Waals surface area contributed by atoms with E-state index in [9.17, 15) is 29.8 Å². The van der Waals surface area contributed by atoms with E-state index in [1.165, 1.54) is 50.7 Å². The molecule has 2 aromatic heterocycles. The van der Waals surface area contributed by atoms with Crippen molar-refractivity contribution < 1.29 is 71.0 Å². The van der Waals surface area contributed by atoms with Gasteiger partial charge in [-0.1, -0.05) is 69.3 Å². The van der Waals surface area contributed by atoms with E-state index in [1.54, 1.807) is 54.6 Å². The van der Waals surface area contributed by atoms with Gasteiger partial charge in [0.2, 0.25) is 11.6 Å². The van der Waals surface area contributed by atoms with E-state index in [0.29, 0.717) is 15.4 Å². The van der Waals surface area contributed by atoms with Crippen LogP contribution >= 0.6 is 0 Å². The lowest BCUT2D eigenvalue weighted by molar-refractivity contribution is -0.763. The van der Waals surface area contributed by atoms with Crippen molar-refractivity contribution in [2.75, 3.05) is 51.1 Å². The highest BCUT2D eigenvalue weighted by Gasteiger charge is 2.39. The summed E-state index contributed by atoms with van der Waals surface area (Å²) in [5.41, 5.74) is 1.51. The number of carbonyl (C=O) groups is 2. The molecule has 5 aromatic rings. The van der Waals surface area contributed by atoms with E-state index < -0.39 is 62.6 Å². The van der Waals surface area contributed by atoms with Gasteiger partial charge in [0.05, 0.1) is 31.6 Å². The number of rotatable bonds is 25. The third-order valence-electron chi connectivity index (χ3n) is 9.11. The number of sulfonamides is 1. The molecule has 0 aliphatic heterocycles. The fourth-order valence-corrected chi connectivity index (χ4v) is 7.37. The van der Waals surface area contributed by atoms with E-state index in [4.69, 9.17) is 33.2 Å². The maximum absolute atomic E-state index is 15.1. The predicted octanol–water partition coefficient (Wildman–Crippen LogP) is 5.82. The second-order valence-corrected chi connectivity index (χ2v) is 16.8. The highest BCUT2D eigenvalue weighted by molar-refractivity contribution is 7.92. The van der Waals surface area contributed by atoms with Crippen LogP contribution in [0, 0.1) is 20.2 Å². The molecule has 0 N–H and O–H groups in total. The third kappa shape index (κ3) is 14.8. The molecule has 0 spiro atoms. The molecule has 0 aliphatic rings. The molecule has 5 rings (SSSR count). The fraction of sp³-hybridized carbons (Fsp3) is 0.349. The zero-order chi connectivity index (χ0) is 49.3. The van der Waals surface area contributed by atoms with Crippen LogP contribution in [0.2, 0.25) is 0 Å². The topological polar surface area (TPSA) is 292 Å². The standard InChI is InChI=1S/C43H47N7O17S/c1-29(66-42(52)63-23-21-60-22-26-64-49(53)54)48(68(57,58)33-17-15-32(16-18-33)43(2,3)4)40-37(67-35-10-7-6-9-34(35)59-5)41(47-39(46-40)38-44-19-8-20-45-38)62-25-24-61-36(51)27-30-11-13-31(14-12-30)28-65-50(55)56/h6-20,29H,21-28H2,1-5H3. The quantitative estimate of drug-likeness (QED) is 0.0219. The van der Waals surface area contributed by atoms with Crippen LogP contribution in [0.1, 0.15) is 44.4 Å². The first-order valence-corrected chi connectivity index (χ1v) is 21.9. The molecule has 0 amide bonds. The van der Waals surface area contributed by atoms with Crippen LogP contribution in [0.25, 0.3) is 11.6 Å². The maximum atomic E-state index is 15.1. The summed E-state index contributed by atoms with van der Waals surface area (Å²) in [4.78, 5) is 72.9. The first-order chi connectivity index (χ1) is 32.5. The number of methoxy groups -OCH3 is 1. The van der Waals surface area contributed by atoms with Crippen LogP contribution in [0.3, 0.4) is 0 Å². The van der Waals surface area contributed by atoms with Crippen molar-refractivity contribution in [3.63, 3.8) is 0 Å². The van der Waals surface area contributed by atoms with Crippen molar-refractivity contribution in [3.8, 4) is 34.8 Å². The highest BCUT2D eigenvalue weighted by atomic mass is 32.2. The van der Waals surface area contributed by atoms with Crippen molar-refractivity contribution in [3.05, 3.63) is 128 Å². The molecule has 0 fully saturated rings. The van der Waals surface area contributed by atoms with Gasteiger partial charge in [0.25, 0.3) is 26.1 Å². The molecule has 0 saturated carbocycles. The number of nitrogens with zero attached hydrogens (tertiary/aromatic N) is 7. The van der Waals surface area contributed by atoms with Gasteiger partial charge < -0.3 is 42.8 Å². The molecule has 1 unspecified atom stereocenters. The van der Waals surface area contributed by atoms with Gasteiger partial charge in [-0.2, -0.15) is 4.98 Å². The molecule has 0 bridgehead atoms. The summed E-state index contributed by atoms with van der Waals surface area (Å²) in [6.07, 6.45) is -0.486. The van der Waals surface area contributed by atoms with Crippen LogP contribution in [0.4, 0.5) is 10.6 Å². The van der Waals surface area contributed by atoms with Crippen molar-refractivity contribution in [1.82, 2.24) is 19.9 Å². The Hall–Kier alpha value is -7.93. The molecule has 2 heterocycles. The zero-order valence-electron chi connectivity index (χ0n) is 37.4. The number of esters is 1. The van der Waals surface area contributed by atoms with Gasteiger partial charge >= 0.3 is 12.1 Å². The number of benzene rings is 3. The average molecular weight is 966 g/mol. The number of aromatic nitrogens is 4. The number of para-hydroxylation sites is 2. The normalized spacial score (nSPS) is 11.7. The summed E-state index contributed by atoms with van der Waals surface area (Å²) in [5, 5.41) is 19.0. The number of carbonyl (C=O) groups excluding carboxylic acids is 2. The number of anilines is 1. The second-order valence-electron chi connectivity index (χ2n) is 14.9. The lowest BCUT2D eigenvalue weighted by Crippen LogP contribution is -2.42. The van der Waals surface area contributed by atoms with Crippen molar-refractivity contribution in [1.29, 1.82) is 0 Å². The molecule has 0 saturated heterocycles. The Labute approximate surface area is 389 Å². The molecule has 0 radical (unpaired) electrons. The predicted molar refractivity (Wildman–Crippen MR) is 235 cm³/mol. The van der Waals surface area contributed by atoms with Crippen LogP contribution in [0.15, 0.2) is 96.2 Å². The van der Waals surface area contributed by atoms with Crippen molar-refractivity contribution in [2.24, 2.45) is 0 Å². The van der Waals surface area contributed by atoms with Gasteiger partial charge in [0.1, 0.15) is 33.0 Å². The highest BCUT2D eigenvalue weighted by Crippen LogP contribution is 2.44. The van der Waals surface area contributed by atoms with E-state index in [-0.39, 0.29) is 79.5 Å². The van der Waals surface area contributed by atoms with Gasteiger partial charge in [-0.3, -0.25) is 4.79 Å². The van der Waals surface area contributed by atoms with Gasteiger partial charge in [-0.05, 0) is 59.4 Å². The molecular weight excluding hydrogens is 919 g/mol. The molecule has 3 aromatic carbocycles. The van der Waals surface area contributed by atoms with Gasteiger partial charge in [-0.25, -0.2) is 32.5 Å². The summed E-state index contributed by atoms with van der Waals surface area (Å²) in [5.74, 6) is -2.16. The summed E-state index contributed by atoms with van der Waals surface area (Å²) >= 11 is 0. The SMILES string of the molecule is COc1ccccc1Oc1c(OCCOC(=O)Cc2ccc(CO[N+](=O)[O-])cc2)nc(-c2ncccn2)nc1N(C(C)OC(=O)OCCOCCO[N+](=O)[O-])S(=O)(=O)c1ccc(C(C)(C)C)cc1. The summed E-state index contributed by atoms with van der Waals surface area (Å²) in [7, 11) is -3.44. The number of hydrogen-bond acceptors (Lipinski definition) is 21. The monoisotopic (exact) mass is 965 g/mol. The molecule has 1 atom stereocenters. The molecule has 0 aliphatic carbocycles. The molecular formula is C43H47N7O17S. The number of ether oxygens (including phenoxy) is 7. The minimum atomic E-state index is -4.82. The minimum Gasteiger partial charge on any atom is -0.493 e. The van der Waals surface area contributed by atoms with E-state index >= 15 is 8.42 Å². The summed E-state index contributed by atoms with van der Waals surface area (Å²) < 4.78 is 70.2. The molecule has 25 heteroatoms. The van der Waals surface area contributed by atoms with Crippen LogP contribution in [-0.4, -0.2) is 104 Å². The Morgan fingerprint density at radius 1 is 0.750 bits per heavy atom. The van der Waals surface area contributed by atoms with Crippen molar-refractivity contribution >= 4 is 28.0 Å². The second kappa shape index (κ2) is 24.0. The minimum absolute atomic E-state index is 0.0410. The zero-order valence-corrected chi connectivity index (χ0v) is 38.2. The van der Waals surface area contributed by atoms with E-state index in [1.807, 2.05) is 20.8 Å². The van der Waals surface area contributed by atoms with Gasteiger partial charge in [0.15, 0.2) is 29.4 Å². The summed E-state index contributed by atoms with van der Waals surface area (Å²) in [6.45, 7) is 4.92. The Balaban J connectivity index is 1.54. The van der Waals surface area contributed by atoms with E-state index in [0.717, 1.165) is 5.56 Å². The van der Waals surface area contributed by atoms with Crippen LogP contribution in [-0.2, 0) is 61.9 Å². The Morgan fingerprint density at radius 2 is 1.38 bits per heavy atom. The van der Waals surface area contributed by atoms with Crippen LogP contribution in [0.5, 0.6) is 23.1 Å². The average Bonchev–Trinajstić information content (AvgIpc) is 3.30. The lowest BCUT2D eigenvalue weighted by Gasteiger charge is -2.30.